The summed E-state index contributed by atoms with van der Waals surface area (Å²) in [5.41, 5.74) is 5.55. The van der Waals surface area contributed by atoms with E-state index in [9.17, 15) is 4.79 Å². The molecule has 0 fully saturated rings. The molecule has 0 bridgehead atoms. The molecule has 110 valence electrons. The van der Waals surface area contributed by atoms with Gasteiger partial charge in [0, 0.05) is 15.5 Å². The van der Waals surface area contributed by atoms with Crippen molar-refractivity contribution in [2.24, 2.45) is 0 Å². The molecular formula is C15H16IN3O2. The van der Waals surface area contributed by atoms with E-state index < -0.39 is 0 Å². The molecular weight excluding hydrogens is 381 g/mol. The van der Waals surface area contributed by atoms with Gasteiger partial charge in [-0.25, -0.2) is 5.48 Å². The second-order valence-electron chi connectivity index (χ2n) is 4.37. The Labute approximate surface area is 137 Å². The summed E-state index contributed by atoms with van der Waals surface area (Å²) in [6.07, 6.45) is 3.20. The van der Waals surface area contributed by atoms with Gasteiger partial charge in [-0.05, 0) is 66.3 Å². The molecule has 0 aliphatic rings. The molecule has 6 heteroatoms. The van der Waals surface area contributed by atoms with Crippen LogP contribution in [-0.2, 0) is 4.84 Å². The number of halogens is 1. The summed E-state index contributed by atoms with van der Waals surface area (Å²) in [6.45, 7) is 4.23. The largest absolute Gasteiger partial charge is 0.353 e. The van der Waals surface area contributed by atoms with E-state index in [0.717, 1.165) is 14.8 Å². The number of hydrogen-bond acceptors (Lipinski definition) is 4. The molecule has 21 heavy (non-hydrogen) atoms. The number of hydrogen-bond donors (Lipinski definition) is 2. The maximum Gasteiger partial charge on any atom is 0.277 e. The van der Waals surface area contributed by atoms with Gasteiger partial charge in [-0.3, -0.25) is 14.6 Å². The fraction of sp³-hybridized carbons (Fsp3) is 0.200. The van der Waals surface area contributed by atoms with Crippen LogP contribution in [0.1, 0.15) is 22.8 Å². The first-order chi connectivity index (χ1) is 10.1. The molecule has 1 aromatic heterocycles. The quantitative estimate of drug-likeness (QED) is 0.600. The van der Waals surface area contributed by atoms with Gasteiger partial charge in [-0.15, -0.1) is 0 Å². The SMILES string of the molecule is CCONC(=O)c1ccncc1Nc1ccc(I)cc1C. The number of carbonyl (C=O) groups is 1. The lowest BCUT2D eigenvalue weighted by Crippen LogP contribution is -2.24. The third-order valence-electron chi connectivity index (χ3n) is 2.83. The van der Waals surface area contributed by atoms with Crippen molar-refractivity contribution in [1.29, 1.82) is 0 Å². The summed E-state index contributed by atoms with van der Waals surface area (Å²) in [4.78, 5) is 21.1. The van der Waals surface area contributed by atoms with Crippen LogP contribution >= 0.6 is 22.6 Å². The lowest BCUT2D eigenvalue weighted by Gasteiger charge is -2.13. The molecule has 1 aromatic carbocycles. The van der Waals surface area contributed by atoms with Crippen LogP contribution in [0, 0.1) is 10.5 Å². The average Bonchev–Trinajstić information content (AvgIpc) is 2.48. The first-order valence-electron chi connectivity index (χ1n) is 6.51. The van der Waals surface area contributed by atoms with Crippen LogP contribution in [0.15, 0.2) is 36.7 Å². The number of aryl methyl sites for hydroxylation is 1. The molecule has 0 radical (unpaired) electrons. The Bertz CT molecular complexity index is 647. The highest BCUT2D eigenvalue weighted by Gasteiger charge is 2.12. The Morgan fingerprint density at radius 2 is 2.14 bits per heavy atom. The van der Waals surface area contributed by atoms with Crippen molar-refractivity contribution in [2.45, 2.75) is 13.8 Å². The highest BCUT2D eigenvalue weighted by Crippen LogP contribution is 2.24. The minimum absolute atomic E-state index is 0.301. The summed E-state index contributed by atoms with van der Waals surface area (Å²) in [6, 6.07) is 7.71. The number of hydroxylamine groups is 1. The maximum atomic E-state index is 12.0. The third-order valence-corrected chi connectivity index (χ3v) is 3.50. The Balaban J connectivity index is 2.26. The molecule has 0 saturated heterocycles. The smallest absolute Gasteiger partial charge is 0.277 e. The van der Waals surface area contributed by atoms with Crippen molar-refractivity contribution < 1.29 is 9.63 Å². The van der Waals surface area contributed by atoms with Crippen LogP contribution in [0.2, 0.25) is 0 Å². The molecule has 0 spiro atoms. The molecule has 2 N–H and O–H groups in total. The van der Waals surface area contributed by atoms with Gasteiger partial charge in [-0.2, -0.15) is 0 Å². The van der Waals surface area contributed by atoms with Crippen molar-refractivity contribution in [3.8, 4) is 0 Å². The van der Waals surface area contributed by atoms with Crippen LogP contribution < -0.4 is 10.8 Å². The number of benzene rings is 1. The topological polar surface area (TPSA) is 63.2 Å². The van der Waals surface area contributed by atoms with Gasteiger partial charge in [0.2, 0.25) is 0 Å². The van der Waals surface area contributed by atoms with Crippen LogP contribution in [0.4, 0.5) is 11.4 Å². The van der Waals surface area contributed by atoms with E-state index in [2.05, 4.69) is 44.4 Å². The average molecular weight is 397 g/mol. The number of rotatable bonds is 5. The zero-order chi connectivity index (χ0) is 15.2. The lowest BCUT2D eigenvalue weighted by atomic mass is 10.1. The fourth-order valence-corrected chi connectivity index (χ4v) is 2.44. The van der Waals surface area contributed by atoms with E-state index in [0.29, 0.717) is 17.9 Å². The monoisotopic (exact) mass is 397 g/mol. The Hall–Kier alpha value is -1.67. The summed E-state index contributed by atoms with van der Waals surface area (Å²) >= 11 is 2.26. The molecule has 2 aromatic rings. The zero-order valence-electron chi connectivity index (χ0n) is 11.8. The van der Waals surface area contributed by atoms with Crippen LogP contribution in [-0.4, -0.2) is 17.5 Å². The van der Waals surface area contributed by atoms with E-state index in [-0.39, 0.29) is 5.91 Å². The van der Waals surface area contributed by atoms with Crippen molar-refractivity contribution in [2.75, 3.05) is 11.9 Å². The number of nitrogens with zero attached hydrogens (tertiary/aromatic N) is 1. The number of nitrogens with one attached hydrogen (secondary N) is 2. The molecule has 0 aliphatic carbocycles. The van der Waals surface area contributed by atoms with Crippen LogP contribution in [0.25, 0.3) is 0 Å². The second-order valence-corrected chi connectivity index (χ2v) is 5.62. The molecule has 0 aliphatic heterocycles. The number of carbonyl (C=O) groups excluding carboxylic acids is 1. The van der Waals surface area contributed by atoms with Gasteiger partial charge in [-0.1, -0.05) is 0 Å². The molecule has 0 saturated carbocycles. The van der Waals surface area contributed by atoms with Gasteiger partial charge < -0.3 is 5.32 Å². The van der Waals surface area contributed by atoms with Crippen LogP contribution in [0.3, 0.4) is 0 Å². The third kappa shape index (κ3) is 4.15. The highest BCUT2D eigenvalue weighted by atomic mass is 127. The van der Waals surface area contributed by atoms with Crippen molar-refractivity contribution in [1.82, 2.24) is 10.5 Å². The number of amides is 1. The summed E-state index contributed by atoms with van der Waals surface area (Å²) in [5, 5.41) is 3.24. The summed E-state index contributed by atoms with van der Waals surface area (Å²) < 4.78 is 1.16. The van der Waals surface area contributed by atoms with E-state index in [1.807, 2.05) is 19.1 Å². The molecule has 1 amide bonds. The fourth-order valence-electron chi connectivity index (χ4n) is 1.80. The summed E-state index contributed by atoms with van der Waals surface area (Å²) in [5.74, 6) is -0.301. The Morgan fingerprint density at radius 3 is 2.86 bits per heavy atom. The van der Waals surface area contributed by atoms with E-state index in [1.54, 1.807) is 25.4 Å². The summed E-state index contributed by atoms with van der Waals surface area (Å²) in [7, 11) is 0. The van der Waals surface area contributed by atoms with E-state index in [4.69, 9.17) is 4.84 Å². The Kier molecular flexibility index (Phi) is 5.51. The Morgan fingerprint density at radius 1 is 1.33 bits per heavy atom. The first-order valence-corrected chi connectivity index (χ1v) is 7.59. The standard InChI is InChI=1S/C15H16IN3O2/c1-3-21-19-15(20)12-6-7-17-9-14(12)18-13-5-4-11(16)8-10(13)2/h4-9,18H,3H2,1-2H3,(H,19,20). The number of anilines is 2. The minimum atomic E-state index is -0.301. The highest BCUT2D eigenvalue weighted by molar-refractivity contribution is 14.1. The molecule has 5 nitrogen and oxygen atoms in total. The predicted octanol–water partition coefficient (Wildman–Crippen LogP) is 3.42. The zero-order valence-corrected chi connectivity index (χ0v) is 14.0. The minimum Gasteiger partial charge on any atom is -0.353 e. The first kappa shape index (κ1) is 15.7. The maximum absolute atomic E-state index is 12.0. The van der Waals surface area contributed by atoms with Gasteiger partial charge in [0.05, 0.1) is 24.1 Å². The predicted molar refractivity (Wildman–Crippen MR) is 90.5 cm³/mol. The second kappa shape index (κ2) is 7.37. The van der Waals surface area contributed by atoms with Gasteiger partial charge in [0.25, 0.3) is 5.91 Å². The van der Waals surface area contributed by atoms with Crippen molar-refractivity contribution in [3.63, 3.8) is 0 Å². The normalized spacial score (nSPS) is 10.2. The lowest BCUT2D eigenvalue weighted by molar-refractivity contribution is 0.0365. The van der Waals surface area contributed by atoms with Gasteiger partial charge in [0.1, 0.15) is 0 Å². The van der Waals surface area contributed by atoms with Crippen molar-refractivity contribution in [3.05, 3.63) is 51.4 Å². The number of pyridine rings is 1. The van der Waals surface area contributed by atoms with Crippen LogP contribution in [0.5, 0.6) is 0 Å². The molecule has 1 heterocycles. The van der Waals surface area contributed by atoms with E-state index >= 15 is 0 Å². The molecule has 2 rings (SSSR count). The van der Waals surface area contributed by atoms with Crippen molar-refractivity contribution >= 4 is 39.9 Å². The molecule has 0 unspecified atom stereocenters. The number of aromatic nitrogens is 1. The van der Waals surface area contributed by atoms with Gasteiger partial charge in [0.15, 0.2) is 0 Å². The molecule has 0 atom stereocenters. The van der Waals surface area contributed by atoms with E-state index in [1.165, 1.54) is 0 Å². The van der Waals surface area contributed by atoms with Gasteiger partial charge >= 0.3 is 0 Å².